The van der Waals surface area contributed by atoms with Gasteiger partial charge in [0.1, 0.15) is 0 Å². The Kier molecular flexibility index (Phi) is 4.73. The van der Waals surface area contributed by atoms with Gasteiger partial charge in [-0.2, -0.15) is 0 Å². The molecule has 0 fully saturated rings. The van der Waals surface area contributed by atoms with Gasteiger partial charge in [-0.15, -0.1) is 0 Å². The van der Waals surface area contributed by atoms with Gasteiger partial charge in [0.25, 0.3) is 0 Å². The van der Waals surface area contributed by atoms with Crippen LogP contribution in [0.4, 0.5) is 0 Å². The Morgan fingerprint density at radius 3 is 2.24 bits per heavy atom. The fraction of sp³-hybridized carbons (Fsp3) is 0.533. The summed E-state index contributed by atoms with van der Waals surface area (Å²) in [6.07, 6.45) is 1.99. The molecular weight excluding hydrogens is 212 g/mol. The molecule has 0 saturated heterocycles. The SMILES string of the molecule is CCC(C)c1ccc(C(C)CC)c(C(=O)O)c1. The average Bonchev–Trinajstić information content (AvgIpc) is 2.35. The minimum atomic E-state index is -0.814. The van der Waals surface area contributed by atoms with Gasteiger partial charge in [-0.1, -0.05) is 39.8 Å². The number of benzene rings is 1. The Labute approximate surface area is 104 Å². The number of carbonyl (C=O) groups is 1. The highest BCUT2D eigenvalue weighted by Gasteiger charge is 2.16. The maximum absolute atomic E-state index is 11.3. The summed E-state index contributed by atoms with van der Waals surface area (Å²) in [6.45, 7) is 8.40. The van der Waals surface area contributed by atoms with Gasteiger partial charge in [0, 0.05) is 0 Å². The molecule has 0 amide bonds. The van der Waals surface area contributed by atoms with E-state index in [0.29, 0.717) is 17.4 Å². The molecule has 1 aromatic rings. The van der Waals surface area contributed by atoms with Gasteiger partial charge in [0.05, 0.1) is 5.56 Å². The molecule has 0 heterocycles. The van der Waals surface area contributed by atoms with Crippen LogP contribution in [0.15, 0.2) is 18.2 Å². The van der Waals surface area contributed by atoms with E-state index < -0.39 is 5.97 Å². The fourth-order valence-corrected chi connectivity index (χ4v) is 1.95. The zero-order chi connectivity index (χ0) is 13.0. The van der Waals surface area contributed by atoms with Crippen LogP contribution < -0.4 is 0 Å². The van der Waals surface area contributed by atoms with Crippen LogP contribution >= 0.6 is 0 Å². The van der Waals surface area contributed by atoms with E-state index in [4.69, 9.17) is 0 Å². The topological polar surface area (TPSA) is 37.3 Å². The van der Waals surface area contributed by atoms with Gasteiger partial charge in [-0.05, 0) is 41.9 Å². The number of hydrogen-bond acceptors (Lipinski definition) is 1. The van der Waals surface area contributed by atoms with Crippen LogP contribution in [-0.2, 0) is 0 Å². The molecule has 0 aliphatic heterocycles. The van der Waals surface area contributed by atoms with Crippen molar-refractivity contribution in [2.45, 2.75) is 52.4 Å². The molecular formula is C15H22O2. The second-order valence-corrected chi connectivity index (χ2v) is 4.77. The Morgan fingerprint density at radius 2 is 1.76 bits per heavy atom. The minimum absolute atomic E-state index is 0.298. The Balaban J connectivity index is 3.22. The summed E-state index contributed by atoms with van der Waals surface area (Å²) < 4.78 is 0. The fourth-order valence-electron chi connectivity index (χ4n) is 1.95. The summed E-state index contributed by atoms with van der Waals surface area (Å²) >= 11 is 0. The van der Waals surface area contributed by atoms with Gasteiger partial charge in [0.2, 0.25) is 0 Å². The van der Waals surface area contributed by atoms with Crippen molar-refractivity contribution < 1.29 is 9.90 Å². The average molecular weight is 234 g/mol. The molecule has 0 aliphatic rings. The monoisotopic (exact) mass is 234 g/mol. The molecule has 2 nitrogen and oxygen atoms in total. The first-order valence-corrected chi connectivity index (χ1v) is 6.38. The highest BCUT2D eigenvalue weighted by molar-refractivity contribution is 5.90. The minimum Gasteiger partial charge on any atom is -0.478 e. The summed E-state index contributed by atoms with van der Waals surface area (Å²) in [5, 5.41) is 9.29. The lowest BCUT2D eigenvalue weighted by atomic mass is 9.89. The first-order valence-electron chi connectivity index (χ1n) is 6.38. The van der Waals surface area contributed by atoms with E-state index in [9.17, 15) is 9.90 Å². The molecule has 2 heteroatoms. The third-order valence-electron chi connectivity index (χ3n) is 3.63. The first kappa shape index (κ1) is 13.8. The van der Waals surface area contributed by atoms with E-state index in [2.05, 4.69) is 33.8 Å². The maximum atomic E-state index is 11.3. The van der Waals surface area contributed by atoms with Gasteiger partial charge < -0.3 is 5.11 Å². The second kappa shape index (κ2) is 5.85. The van der Waals surface area contributed by atoms with Crippen molar-refractivity contribution in [3.8, 4) is 0 Å². The van der Waals surface area contributed by atoms with E-state index >= 15 is 0 Å². The normalized spacial score (nSPS) is 14.4. The lowest BCUT2D eigenvalue weighted by molar-refractivity contribution is 0.0695. The molecule has 2 atom stereocenters. The molecule has 0 spiro atoms. The van der Waals surface area contributed by atoms with E-state index in [-0.39, 0.29) is 0 Å². The Hall–Kier alpha value is -1.31. The van der Waals surface area contributed by atoms with Crippen molar-refractivity contribution in [2.24, 2.45) is 0 Å². The molecule has 0 aliphatic carbocycles. The summed E-state index contributed by atoms with van der Waals surface area (Å²) in [7, 11) is 0. The third kappa shape index (κ3) is 3.09. The molecule has 0 aromatic heterocycles. The van der Waals surface area contributed by atoms with Gasteiger partial charge >= 0.3 is 5.97 Å². The largest absolute Gasteiger partial charge is 0.478 e. The molecule has 17 heavy (non-hydrogen) atoms. The summed E-state index contributed by atoms with van der Waals surface area (Å²) in [6, 6.07) is 5.90. The van der Waals surface area contributed by atoms with E-state index in [0.717, 1.165) is 24.0 Å². The van der Waals surface area contributed by atoms with Crippen LogP contribution in [0.1, 0.15) is 73.9 Å². The zero-order valence-corrected chi connectivity index (χ0v) is 11.2. The molecule has 1 N–H and O–H groups in total. The van der Waals surface area contributed by atoms with E-state index in [1.807, 2.05) is 12.1 Å². The van der Waals surface area contributed by atoms with E-state index in [1.165, 1.54) is 0 Å². The van der Waals surface area contributed by atoms with Crippen molar-refractivity contribution in [3.63, 3.8) is 0 Å². The number of hydrogen-bond donors (Lipinski definition) is 1. The number of aromatic carboxylic acids is 1. The lowest BCUT2D eigenvalue weighted by Gasteiger charge is -2.16. The quantitative estimate of drug-likeness (QED) is 0.819. The predicted molar refractivity (Wildman–Crippen MR) is 70.8 cm³/mol. The van der Waals surface area contributed by atoms with Crippen LogP contribution in [0.3, 0.4) is 0 Å². The summed E-state index contributed by atoms with van der Waals surface area (Å²) in [4.78, 5) is 11.3. The molecule has 1 rings (SSSR count). The smallest absolute Gasteiger partial charge is 0.335 e. The highest BCUT2D eigenvalue weighted by atomic mass is 16.4. The van der Waals surface area contributed by atoms with E-state index in [1.54, 1.807) is 0 Å². The van der Waals surface area contributed by atoms with Crippen LogP contribution in [0.25, 0.3) is 0 Å². The van der Waals surface area contributed by atoms with Crippen molar-refractivity contribution >= 4 is 5.97 Å². The molecule has 0 bridgehead atoms. The highest BCUT2D eigenvalue weighted by Crippen LogP contribution is 2.27. The van der Waals surface area contributed by atoms with Crippen LogP contribution in [-0.4, -0.2) is 11.1 Å². The third-order valence-corrected chi connectivity index (χ3v) is 3.63. The molecule has 2 unspecified atom stereocenters. The molecule has 1 aromatic carbocycles. The standard InChI is InChI=1S/C15H22O2/c1-5-10(3)12-7-8-13(11(4)6-2)14(9-12)15(16)17/h7-11H,5-6H2,1-4H3,(H,16,17). The molecule has 0 radical (unpaired) electrons. The summed E-state index contributed by atoms with van der Waals surface area (Å²) in [5.74, 6) is -0.100. The predicted octanol–water partition coefficient (Wildman–Crippen LogP) is 4.41. The van der Waals surface area contributed by atoms with Crippen LogP contribution in [0.2, 0.25) is 0 Å². The first-order chi connectivity index (χ1) is 8.01. The van der Waals surface area contributed by atoms with Crippen molar-refractivity contribution in [1.29, 1.82) is 0 Å². The van der Waals surface area contributed by atoms with Crippen molar-refractivity contribution in [2.75, 3.05) is 0 Å². The lowest BCUT2D eigenvalue weighted by Crippen LogP contribution is -2.07. The van der Waals surface area contributed by atoms with Gasteiger partial charge in [-0.3, -0.25) is 0 Å². The van der Waals surface area contributed by atoms with Crippen LogP contribution in [0, 0.1) is 0 Å². The molecule has 94 valence electrons. The number of rotatable bonds is 5. The molecule has 0 saturated carbocycles. The number of carboxylic acids is 1. The maximum Gasteiger partial charge on any atom is 0.335 e. The second-order valence-electron chi connectivity index (χ2n) is 4.77. The van der Waals surface area contributed by atoms with Crippen molar-refractivity contribution in [1.82, 2.24) is 0 Å². The van der Waals surface area contributed by atoms with Crippen molar-refractivity contribution in [3.05, 3.63) is 34.9 Å². The van der Waals surface area contributed by atoms with Gasteiger partial charge in [-0.25, -0.2) is 4.79 Å². The zero-order valence-electron chi connectivity index (χ0n) is 11.2. The van der Waals surface area contributed by atoms with Crippen LogP contribution in [0.5, 0.6) is 0 Å². The summed E-state index contributed by atoms with van der Waals surface area (Å²) in [5.41, 5.74) is 2.54. The number of carboxylic acid groups (broad SMARTS) is 1. The Morgan fingerprint density at radius 1 is 1.18 bits per heavy atom. The van der Waals surface area contributed by atoms with Gasteiger partial charge in [0.15, 0.2) is 0 Å². The Bertz CT molecular complexity index is 396.